The molecular formula is C28H33ClFN7O2. The van der Waals surface area contributed by atoms with E-state index in [1.165, 1.54) is 13.2 Å². The highest BCUT2D eigenvalue weighted by molar-refractivity contribution is 5.85. The van der Waals surface area contributed by atoms with Crippen LogP contribution in [-0.4, -0.2) is 77.0 Å². The lowest BCUT2D eigenvalue weighted by Crippen LogP contribution is -2.49. The van der Waals surface area contributed by atoms with Gasteiger partial charge >= 0.3 is 0 Å². The van der Waals surface area contributed by atoms with Gasteiger partial charge in [0.05, 0.1) is 25.5 Å². The molecular weight excluding hydrogens is 521 g/mol. The van der Waals surface area contributed by atoms with Crippen LogP contribution in [0, 0.1) is 12.7 Å². The van der Waals surface area contributed by atoms with Crippen molar-refractivity contribution in [2.45, 2.75) is 13.5 Å². The average Bonchev–Trinajstić information content (AvgIpc) is 3.36. The smallest absolute Gasteiger partial charge is 0.236 e. The summed E-state index contributed by atoms with van der Waals surface area (Å²) in [6.07, 6.45) is 5.19. The van der Waals surface area contributed by atoms with Gasteiger partial charge in [-0.05, 0) is 55.4 Å². The van der Waals surface area contributed by atoms with E-state index >= 15 is 0 Å². The lowest BCUT2D eigenvalue weighted by molar-refractivity contribution is -0.132. The van der Waals surface area contributed by atoms with Gasteiger partial charge in [0.25, 0.3) is 0 Å². The zero-order valence-corrected chi connectivity index (χ0v) is 23.1. The summed E-state index contributed by atoms with van der Waals surface area (Å²) in [6.45, 7) is 6.37. The predicted octanol–water partition coefficient (Wildman–Crippen LogP) is 3.88. The number of aromatic nitrogens is 3. The molecule has 9 nitrogen and oxygen atoms in total. The van der Waals surface area contributed by atoms with Gasteiger partial charge in [-0.15, -0.1) is 12.4 Å². The lowest BCUT2D eigenvalue weighted by Gasteiger charge is -2.29. The standard InChI is InChI=1S/C28H32FN7O2.ClH/c1-19-14-22(6-4-21(19)17-34(2)18-26(37)35-11-8-30-9-12-35)33-27-28-32-16-24(36(28)13-10-31-27)20-5-7-25(38-3)23(29)15-20;/h4-7,10,13-16,30H,8-9,11-12,17-18H2,1-3H3,(H,31,33);1H. The number of carbonyl (C=O) groups is 1. The first-order valence-electron chi connectivity index (χ1n) is 12.6. The van der Waals surface area contributed by atoms with E-state index < -0.39 is 5.82 Å². The minimum Gasteiger partial charge on any atom is -0.494 e. The van der Waals surface area contributed by atoms with Crippen molar-refractivity contribution in [1.29, 1.82) is 0 Å². The molecule has 4 aromatic rings. The minimum atomic E-state index is -0.429. The van der Waals surface area contributed by atoms with Crippen LogP contribution in [0.5, 0.6) is 5.75 Å². The fourth-order valence-corrected chi connectivity index (χ4v) is 4.73. The maximum absolute atomic E-state index is 14.3. The molecule has 39 heavy (non-hydrogen) atoms. The second-order valence-corrected chi connectivity index (χ2v) is 9.53. The Morgan fingerprint density at radius 2 is 1.97 bits per heavy atom. The van der Waals surface area contributed by atoms with Gasteiger partial charge in [-0.3, -0.25) is 14.1 Å². The van der Waals surface area contributed by atoms with Crippen LogP contribution in [-0.2, 0) is 11.3 Å². The summed E-state index contributed by atoms with van der Waals surface area (Å²) >= 11 is 0. The zero-order valence-electron chi connectivity index (χ0n) is 22.3. The number of fused-ring (bicyclic) bond motifs is 1. The fraction of sp³-hybridized carbons (Fsp3) is 0.321. The second kappa shape index (κ2) is 12.4. The summed E-state index contributed by atoms with van der Waals surface area (Å²) in [5.74, 6) is 0.531. The number of likely N-dealkylation sites (N-methyl/N-ethyl adjacent to an activating group) is 1. The van der Waals surface area contributed by atoms with E-state index in [0.29, 0.717) is 30.1 Å². The number of nitrogens with zero attached hydrogens (tertiary/aromatic N) is 5. The van der Waals surface area contributed by atoms with Crippen molar-refractivity contribution >= 4 is 35.5 Å². The van der Waals surface area contributed by atoms with E-state index in [-0.39, 0.29) is 24.1 Å². The van der Waals surface area contributed by atoms with E-state index in [1.807, 2.05) is 22.4 Å². The number of methoxy groups -OCH3 is 1. The van der Waals surface area contributed by atoms with Crippen molar-refractivity contribution < 1.29 is 13.9 Å². The zero-order chi connectivity index (χ0) is 26.6. The molecule has 1 amide bonds. The van der Waals surface area contributed by atoms with Crippen molar-refractivity contribution in [1.82, 2.24) is 29.5 Å². The third-order valence-corrected chi connectivity index (χ3v) is 6.80. The monoisotopic (exact) mass is 553 g/mol. The van der Waals surface area contributed by atoms with Crippen molar-refractivity contribution in [2.75, 3.05) is 52.2 Å². The molecule has 206 valence electrons. The third-order valence-electron chi connectivity index (χ3n) is 6.80. The Kier molecular flexibility index (Phi) is 9.01. The number of aryl methyl sites for hydroxylation is 1. The van der Waals surface area contributed by atoms with Gasteiger partial charge in [0.2, 0.25) is 5.91 Å². The number of benzene rings is 2. The lowest BCUT2D eigenvalue weighted by atomic mass is 10.1. The summed E-state index contributed by atoms with van der Waals surface area (Å²) in [7, 11) is 3.42. The van der Waals surface area contributed by atoms with Gasteiger partial charge in [0, 0.05) is 56.4 Å². The van der Waals surface area contributed by atoms with Gasteiger partial charge in [-0.1, -0.05) is 6.07 Å². The largest absolute Gasteiger partial charge is 0.494 e. The Morgan fingerprint density at radius 1 is 1.18 bits per heavy atom. The highest BCUT2D eigenvalue weighted by Crippen LogP contribution is 2.29. The number of hydrogen-bond donors (Lipinski definition) is 2. The number of amides is 1. The fourth-order valence-electron chi connectivity index (χ4n) is 4.73. The molecule has 0 spiro atoms. The van der Waals surface area contributed by atoms with Gasteiger partial charge in [0.1, 0.15) is 0 Å². The molecule has 1 aliphatic heterocycles. The van der Waals surface area contributed by atoms with Crippen molar-refractivity contribution in [3.05, 3.63) is 71.9 Å². The topological polar surface area (TPSA) is 87.0 Å². The van der Waals surface area contributed by atoms with Crippen LogP contribution in [0.25, 0.3) is 16.9 Å². The van der Waals surface area contributed by atoms with Crippen LogP contribution in [0.15, 0.2) is 55.0 Å². The molecule has 2 N–H and O–H groups in total. The molecule has 5 rings (SSSR count). The summed E-state index contributed by atoms with van der Waals surface area (Å²) in [5, 5.41) is 6.65. The van der Waals surface area contributed by atoms with Gasteiger partial charge < -0.3 is 20.3 Å². The minimum absolute atomic E-state index is 0. The second-order valence-electron chi connectivity index (χ2n) is 9.53. The number of rotatable bonds is 8. The summed E-state index contributed by atoms with van der Waals surface area (Å²) < 4.78 is 21.2. The maximum Gasteiger partial charge on any atom is 0.236 e. The van der Waals surface area contributed by atoms with Crippen LogP contribution >= 0.6 is 12.4 Å². The van der Waals surface area contributed by atoms with Crippen LogP contribution in [0.2, 0.25) is 0 Å². The molecule has 0 unspecified atom stereocenters. The first-order chi connectivity index (χ1) is 18.4. The van der Waals surface area contributed by atoms with Crippen LogP contribution in [0.4, 0.5) is 15.9 Å². The average molecular weight is 554 g/mol. The van der Waals surface area contributed by atoms with Crippen LogP contribution < -0.4 is 15.4 Å². The number of hydrogen-bond acceptors (Lipinski definition) is 7. The van der Waals surface area contributed by atoms with Crippen molar-refractivity contribution in [3.8, 4) is 17.0 Å². The quantitative estimate of drug-likeness (QED) is 0.342. The molecule has 0 saturated carbocycles. The summed E-state index contributed by atoms with van der Waals surface area (Å²) in [6, 6.07) is 11.0. The molecule has 1 aliphatic rings. The van der Waals surface area contributed by atoms with Gasteiger partial charge in [0.15, 0.2) is 23.0 Å². The van der Waals surface area contributed by atoms with Crippen LogP contribution in [0.3, 0.4) is 0 Å². The Bertz CT molecular complexity index is 1460. The van der Waals surface area contributed by atoms with Crippen molar-refractivity contribution in [3.63, 3.8) is 0 Å². The first kappa shape index (κ1) is 28.3. The van der Waals surface area contributed by atoms with Crippen molar-refractivity contribution in [2.24, 2.45) is 0 Å². The van der Waals surface area contributed by atoms with E-state index in [4.69, 9.17) is 4.74 Å². The summed E-state index contributed by atoms with van der Waals surface area (Å²) in [5.41, 5.74) is 5.21. The molecule has 2 aromatic carbocycles. The van der Waals surface area contributed by atoms with E-state index in [1.54, 1.807) is 30.7 Å². The molecule has 1 fully saturated rings. The normalized spacial score (nSPS) is 13.4. The molecule has 11 heteroatoms. The SMILES string of the molecule is COc1ccc(-c2cnc3c(Nc4ccc(CN(C)CC(=O)N5CCNCC5)c(C)c4)nccn23)cc1F.Cl. The molecule has 3 heterocycles. The third kappa shape index (κ3) is 6.30. The molecule has 0 aliphatic carbocycles. The number of imidazole rings is 1. The number of nitrogens with one attached hydrogen (secondary N) is 2. The molecule has 2 aromatic heterocycles. The summed E-state index contributed by atoms with van der Waals surface area (Å²) in [4.78, 5) is 25.6. The van der Waals surface area contributed by atoms with E-state index in [0.717, 1.165) is 48.7 Å². The molecule has 0 radical (unpaired) electrons. The Hall–Kier alpha value is -3.73. The molecule has 1 saturated heterocycles. The predicted molar refractivity (Wildman–Crippen MR) is 152 cm³/mol. The van der Waals surface area contributed by atoms with Gasteiger partial charge in [-0.2, -0.15) is 0 Å². The van der Waals surface area contributed by atoms with Crippen LogP contribution in [0.1, 0.15) is 11.1 Å². The Balaban J connectivity index is 0.00000353. The van der Waals surface area contributed by atoms with Gasteiger partial charge in [-0.25, -0.2) is 14.4 Å². The number of piperazine rings is 1. The molecule has 0 bridgehead atoms. The Labute approximate surface area is 233 Å². The number of anilines is 2. The number of ether oxygens (including phenoxy) is 1. The van der Waals surface area contributed by atoms with E-state index in [9.17, 15) is 9.18 Å². The maximum atomic E-state index is 14.3. The highest BCUT2D eigenvalue weighted by Gasteiger charge is 2.18. The van der Waals surface area contributed by atoms with E-state index in [2.05, 4.69) is 44.6 Å². The first-order valence-corrected chi connectivity index (χ1v) is 12.6. The Morgan fingerprint density at radius 3 is 2.69 bits per heavy atom. The highest BCUT2D eigenvalue weighted by atomic mass is 35.5. The number of carbonyl (C=O) groups excluding carboxylic acids is 1. The molecule has 0 atom stereocenters. The number of halogens is 2.